The minimum absolute atomic E-state index is 0.140. The van der Waals surface area contributed by atoms with Crippen LogP contribution >= 0.6 is 11.6 Å². The number of nitrogens with one attached hydrogen (secondary N) is 1. The van der Waals surface area contributed by atoms with E-state index in [1.807, 2.05) is 24.0 Å². The molecule has 4 aliphatic heterocycles. The second kappa shape index (κ2) is 6.82. The highest BCUT2D eigenvalue weighted by Crippen LogP contribution is 2.61. The predicted molar refractivity (Wildman–Crippen MR) is 117 cm³/mol. The molecule has 3 amide bonds. The molecule has 0 saturated carbocycles. The molecule has 0 radical (unpaired) electrons. The van der Waals surface area contributed by atoms with Crippen LogP contribution in [0.5, 0.6) is 0 Å². The van der Waals surface area contributed by atoms with E-state index in [4.69, 9.17) is 11.6 Å². The van der Waals surface area contributed by atoms with E-state index in [2.05, 4.69) is 5.32 Å². The van der Waals surface area contributed by atoms with Gasteiger partial charge in [0.05, 0.1) is 28.1 Å². The minimum atomic E-state index is -4.67. The topological polar surface area (TPSA) is 69.7 Å². The lowest BCUT2D eigenvalue weighted by molar-refractivity contribution is -0.137. The maximum atomic E-state index is 13.9. The van der Waals surface area contributed by atoms with Crippen molar-refractivity contribution in [1.29, 1.82) is 0 Å². The van der Waals surface area contributed by atoms with E-state index in [9.17, 15) is 27.6 Å². The van der Waals surface area contributed by atoms with Gasteiger partial charge in [0.15, 0.2) is 0 Å². The number of imide groups is 1. The first-order chi connectivity index (χ1) is 16.1. The first kappa shape index (κ1) is 21.6. The van der Waals surface area contributed by atoms with Gasteiger partial charge in [-0.3, -0.25) is 19.3 Å². The Hall–Kier alpha value is -2.91. The van der Waals surface area contributed by atoms with Gasteiger partial charge in [-0.15, -0.1) is 0 Å². The molecule has 176 valence electrons. The number of alkyl halides is 3. The Morgan fingerprint density at radius 3 is 2.59 bits per heavy atom. The lowest BCUT2D eigenvalue weighted by Gasteiger charge is -2.36. The normalized spacial score (nSPS) is 30.2. The third-order valence-corrected chi connectivity index (χ3v) is 7.98. The molecule has 6 rings (SSSR count). The highest BCUT2D eigenvalue weighted by atomic mass is 35.5. The molecule has 34 heavy (non-hydrogen) atoms. The number of carbonyl (C=O) groups excluding carboxylic acids is 3. The summed E-state index contributed by atoms with van der Waals surface area (Å²) in [6, 6.07) is 7.68. The molecule has 0 aromatic heterocycles. The second-order valence-corrected chi connectivity index (χ2v) is 9.76. The molecule has 1 N–H and O–H groups in total. The molecule has 4 atom stereocenters. The maximum absolute atomic E-state index is 13.9. The standard InChI is InChI=1S/C24H19ClF3N3O3/c1-11-4-7-15-13(9-11)23(22(34)29-15)19-18(16-3-2-8-30(16)23)20(32)31(21(19)33)17-10-12(24(26,27)28)5-6-14(17)25/h4-7,9-10,16,18-19H,2-3,8H2,1H3,(H,29,34). The monoisotopic (exact) mass is 489 g/mol. The number of fused-ring (bicyclic) bond motifs is 7. The molecular weight excluding hydrogens is 471 g/mol. The number of hydrogen-bond donors (Lipinski definition) is 1. The van der Waals surface area contributed by atoms with Crippen molar-refractivity contribution in [2.75, 3.05) is 16.8 Å². The maximum Gasteiger partial charge on any atom is 0.416 e. The second-order valence-electron chi connectivity index (χ2n) is 9.35. The molecular formula is C24H19ClF3N3O3. The van der Waals surface area contributed by atoms with E-state index >= 15 is 0 Å². The van der Waals surface area contributed by atoms with Crippen LogP contribution in [0.25, 0.3) is 0 Å². The van der Waals surface area contributed by atoms with Gasteiger partial charge in [0.2, 0.25) is 17.7 Å². The zero-order chi connectivity index (χ0) is 24.2. The summed E-state index contributed by atoms with van der Waals surface area (Å²) in [5.74, 6) is -3.60. The third-order valence-electron chi connectivity index (χ3n) is 7.66. The van der Waals surface area contributed by atoms with Crippen LogP contribution in [0.3, 0.4) is 0 Å². The van der Waals surface area contributed by atoms with Crippen molar-refractivity contribution in [3.8, 4) is 0 Å². The Balaban J connectivity index is 1.54. The first-order valence-corrected chi connectivity index (χ1v) is 11.4. The molecule has 2 aromatic carbocycles. The Morgan fingerprint density at radius 1 is 1.09 bits per heavy atom. The number of hydrogen-bond acceptors (Lipinski definition) is 4. The van der Waals surface area contributed by atoms with E-state index in [0.717, 1.165) is 35.1 Å². The zero-order valence-corrected chi connectivity index (χ0v) is 18.7. The predicted octanol–water partition coefficient (Wildman–Crippen LogP) is 4.10. The van der Waals surface area contributed by atoms with Crippen LogP contribution in [0, 0.1) is 18.8 Å². The minimum Gasteiger partial charge on any atom is -0.324 e. The van der Waals surface area contributed by atoms with Crippen molar-refractivity contribution in [3.05, 3.63) is 58.1 Å². The van der Waals surface area contributed by atoms with Crippen molar-refractivity contribution < 1.29 is 27.6 Å². The number of amides is 3. The summed E-state index contributed by atoms with van der Waals surface area (Å²) in [5, 5.41) is 2.74. The Labute approximate surface area is 197 Å². The Morgan fingerprint density at radius 2 is 1.85 bits per heavy atom. The summed E-state index contributed by atoms with van der Waals surface area (Å²) in [7, 11) is 0. The van der Waals surface area contributed by atoms with Crippen LogP contribution in [0.1, 0.15) is 29.5 Å². The summed E-state index contributed by atoms with van der Waals surface area (Å²) in [5.41, 5.74) is -0.594. The van der Waals surface area contributed by atoms with Gasteiger partial charge in [0, 0.05) is 17.3 Å². The fourth-order valence-electron chi connectivity index (χ4n) is 6.41. The number of anilines is 2. The van der Waals surface area contributed by atoms with E-state index in [1.54, 1.807) is 6.07 Å². The van der Waals surface area contributed by atoms with Gasteiger partial charge in [-0.05, 0) is 50.6 Å². The van der Waals surface area contributed by atoms with Crippen LogP contribution < -0.4 is 10.2 Å². The lowest BCUT2D eigenvalue weighted by atomic mass is 9.75. The molecule has 3 fully saturated rings. The van der Waals surface area contributed by atoms with Crippen molar-refractivity contribution >= 4 is 40.7 Å². The van der Waals surface area contributed by atoms with Gasteiger partial charge >= 0.3 is 6.18 Å². The van der Waals surface area contributed by atoms with Crippen LogP contribution in [0.2, 0.25) is 5.02 Å². The van der Waals surface area contributed by atoms with E-state index in [0.29, 0.717) is 24.2 Å². The van der Waals surface area contributed by atoms with Gasteiger partial charge in [0.1, 0.15) is 5.54 Å². The van der Waals surface area contributed by atoms with Gasteiger partial charge in [0.25, 0.3) is 0 Å². The fourth-order valence-corrected chi connectivity index (χ4v) is 6.62. The van der Waals surface area contributed by atoms with Crippen LogP contribution in [-0.4, -0.2) is 35.2 Å². The molecule has 2 aromatic rings. The largest absolute Gasteiger partial charge is 0.416 e. The van der Waals surface area contributed by atoms with Crippen molar-refractivity contribution in [1.82, 2.24) is 4.90 Å². The third kappa shape index (κ3) is 2.54. The van der Waals surface area contributed by atoms with Crippen LogP contribution in [0.15, 0.2) is 36.4 Å². The highest BCUT2D eigenvalue weighted by Gasteiger charge is 2.74. The highest BCUT2D eigenvalue weighted by molar-refractivity contribution is 6.36. The van der Waals surface area contributed by atoms with Crippen LogP contribution in [-0.2, 0) is 26.1 Å². The fraction of sp³-hybridized carbons (Fsp3) is 0.375. The Bertz CT molecular complexity index is 1300. The number of benzene rings is 2. The summed E-state index contributed by atoms with van der Waals surface area (Å²) in [6.45, 7) is 2.42. The molecule has 0 bridgehead atoms. The van der Waals surface area contributed by atoms with E-state index < -0.39 is 40.9 Å². The summed E-state index contributed by atoms with van der Waals surface area (Å²) >= 11 is 6.20. The number of carbonyl (C=O) groups is 3. The first-order valence-electron chi connectivity index (χ1n) is 11.0. The summed E-state index contributed by atoms with van der Waals surface area (Å²) < 4.78 is 40.2. The molecule has 6 nitrogen and oxygen atoms in total. The SMILES string of the molecule is Cc1ccc2c(c1)C1(C(=O)N2)C2C(=O)N(c3cc(C(F)(F)F)ccc3Cl)C(=O)C2C2CCCN21. The van der Waals surface area contributed by atoms with Crippen molar-refractivity contribution in [3.63, 3.8) is 0 Å². The van der Waals surface area contributed by atoms with Crippen molar-refractivity contribution in [2.24, 2.45) is 11.8 Å². The van der Waals surface area contributed by atoms with Gasteiger partial charge in [-0.25, -0.2) is 4.90 Å². The summed E-state index contributed by atoms with van der Waals surface area (Å²) in [6.07, 6.45) is -3.32. The quantitative estimate of drug-likeness (QED) is 0.612. The molecule has 1 spiro atoms. The lowest BCUT2D eigenvalue weighted by Crippen LogP contribution is -2.54. The van der Waals surface area contributed by atoms with Gasteiger partial charge in [-0.2, -0.15) is 13.2 Å². The summed E-state index contributed by atoms with van der Waals surface area (Å²) in [4.78, 5) is 43.9. The number of halogens is 4. The number of rotatable bonds is 1. The molecule has 4 unspecified atom stereocenters. The molecule has 4 aliphatic rings. The van der Waals surface area contributed by atoms with Crippen LogP contribution in [0.4, 0.5) is 24.5 Å². The Kier molecular flexibility index (Phi) is 4.34. The molecule has 3 saturated heterocycles. The molecule has 4 heterocycles. The smallest absolute Gasteiger partial charge is 0.324 e. The van der Waals surface area contributed by atoms with Gasteiger partial charge < -0.3 is 5.32 Å². The molecule has 0 aliphatic carbocycles. The van der Waals surface area contributed by atoms with E-state index in [-0.39, 0.29) is 22.7 Å². The average Bonchev–Trinajstić information content (AvgIpc) is 3.47. The van der Waals surface area contributed by atoms with E-state index in [1.165, 1.54) is 0 Å². The zero-order valence-electron chi connectivity index (χ0n) is 17.9. The number of nitrogens with zero attached hydrogens (tertiary/aromatic N) is 2. The average molecular weight is 490 g/mol. The van der Waals surface area contributed by atoms with Gasteiger partial charge in [-0.1, -0.05) is 29.3 Å². The van der Waals surface area contributed by atoms with Crippen molar-refractivity contribution in [2.45, 2.75) is 37.5 Å². The molecule has 10 heteroatoms. The number of aryl methyl sites for hydroxylation is 1.